The summed E-state index contributed by atoms with van der Waals surface area (Å²) in [4.78, 5) is 8.65. The second kappa shape index (κ2) is 5.78. The van der Waals surface area contributed by atoms with Gasteiger partial charge in [0.05, 0.1) is 30.4 Å². The molecule has 2 aliphatic rings. The maximum absolute atomic E-state index is 11.6. The average Bonchev–Trinajstić information content (AvgIpc) is 2.48. The molecule has 0 spiro atoms. The minimum Gasteiger partial charge on any atom is -0.396 e. The molecule has 116 valence electrons. The van der Waals surface area contributed by atoms with Crippen molar-refractivity contribution in [2.75, 3.05) is 55.0 Å². The Kier molecular flexibility index (Phi) is 4.01. The molecule has 3 heterocycles. The largest absolute Gasteiger partial charge is 0.396 e. The van der Waals surface area contributed by atoms with Gasteiger partial charge in [-0.3, -0.25) is 4.90 Å². The number of pyridine rings is 1. The van der Waals surface area contributed by atoms with Crippen molar-refractivity contribution >= 4 is 21.3 Å². The number of aromatic nitrogens is 1. The van der Waals surface area contributed by atoms with E-state index in [1.165, 1.54) is 0 Å². The highest BCUT2D eigenvalue weighted by Gasteiger charge is 2.34. The number of hydrogen-bond acceptors (Lipinski definition) is 7. The fourth-order valence-electron chi connectivity index (χ4n) is 2.81. The van der Waals surface area contributed by atoms with E-state index in [0.717, 1.165) is 5.82 Å². The molecule has 2 N–H and O–H groups in total. The number of hydrogen-bond donors (Lipinski definition) is 1. The Balaban J connectivity index is 1.81. The summed E-state index contributed by atoms with van der Waals surface area (Å²) in [5.74, 6) is 1.16. The Hall–Kier alpha value is -1.38. The summed E-state index contributed by atoms with van der Waals surface area (Å²) in [7, 11) is -2.89. The van der Waals surface area contributed by atoms with Crippen LogP contribution >= 0.6 is 0 Å². The van der Waals surface area contributed by atoms with Crippen LogP contribution in [0, 0.1) is 0 Å². The first-order chi connectivity index (χ1) is 10.1. The molecule has 0 saturated carbocycles. The number of ether oxygens (including phenoxy) is 1. The van der Waals surface area contributed by atoms with Crippen LogP contribution in [0.15, 0.2) is 18.3 Å². The van der Waals surface area contributed by atoms with Crippen molar-refractivity contribution in [3.63, 3.8) is 0 Å². The van der Waals surface area contributed by atoms with Gasteiger partial charge in [0.1, 0.15) is 6.17 Å². The van der Waals surface area contributed by atoms with E-state index >= 15 is 0 Å². The molecule has 0 bridgehead atoms. The lowest BCUT2D eigenvalue weighted by Crippen LogP contribution is -2.59. The molecule has 2 aliphatic heterocycles. The predicted molar refractivity (Wildman–Crippen MR) is 80.8 cm³/mol. The third kappa shape index (κ3) is 3.12. The molecule has 0 radical (unpaired) electrons. The van der Waals surface area contributed by atoms with Crippen LogP contribution in [0.5, 0.6) is 0 Å². The summed E-state index contributed by atoms with van der Waals surface area (Å²) < 4.78 is 28.7. The number of rotatable bonds is 2. The van der Waals surface area contributed by atoms with E-state index < -0.39 is 9.84 Å². The van der Waals surface area contributed by atoms with Crippen molar-refractivity contribution in [1.82, 2.24) is 9.88 Å². The zero-order valence-electron chi connectivity index (χ0n) is 11.8. The summed E-state index contributed by atoms with van der Waals surface area (Å²) >= 11 is 0. The number of nitrogen functional groups attached to an aromatic ring is 1. The van der Waals surface area contributed by atoms with E-state index in [2.05, 4.69) is 14.8 Å². The van der Waals surface area contributed by atoms with Crippen LogP contribution in [-0.2, 0) is 14.6 Å². The van der Waals surface area contributed by atoms with Crippen LogP contribution in [0.3, 0.4) is 0 Å². The van der Waals surface area contributed by atoms with Crippen molar-refractivity contribution in [1.29, 1.82) is 0 Å². The Morgan fingerprint density at radius 3 is 2.76 bits per heavy atom. The van der Waals surface area contributed by atoms with Crippen molar-refractivity contribution < 1.29 is 13.2 Å². The minimum atomic E-state index is -2.89. The molecule has 8 heteroatoms. The number of nitrogens with zero attached hydrogens (tertiary/aromatic N) is 3. The zero-order chi connectivity index (χ0) is 14.9. The lowest BCUT2D eigenvalue weighted by molar-refractivity contribution is 0.0325. The molecule has 1 aromatic rings. The number of nitrogens with two attached hydrogens (primary N) is 1. The van der Waals surface area contributed by atoms with Gasteiger partial charge < -0.3 is 15.4 Å². The third-order valence-electron chi connectivity index (χ3n) is 3.99. The van der Waals surface area contributed by atoms with Crippen molar-refractivity contribution in [3.8, 4) is 0 Å². The molecule has 0 aliphatic carbocycles. The van der Waals surface area contributed by atoms with Gasteiger partial charge in [0.15, 0.2) is 15.7 Å². The summed E-state index contributed by atoms with van der Waals surface area (Å²) in [6.07, 6.45) is 1.71. The first-order valence-electron chi connectivity index (χ1n) is 7.06. The van der Waals surface area contributed by atoms with E-state index in [0.29, 0.717) is 38.5 Å². The van der Waals surface area contributed by atoms with E-state index in [1.54, 1.807) is 6.20 Å². The van der Waals surface area contributed by atoms with Crippen LogP contribution in [0.1, 0.15) is 0 Å². The van der Waals surface area contributed by atoms with Crippen LogP contribution in [0.2, 0.25) is 0 Å². The fraction of sp³-hybridized carbons (Fsp3) is 0.615. The van der Waals surface area contributed by atoms with Crippen molar-refractivity contribution in [2.24, 2.45) is 0 Å². The average molecular weight is 312 g/mol. The molecule has 1 atom stereocenters. The highest BCUT2D eigenvalue weighted by Crippen LogP contribution is 2.25. The second-order valence-corrected chi connectivity index (χ2v) is 7.66. The molecular formula is C13H20N4O3S. The molecule has 1 aromatic heterocycles. The highest BCUT2D eigenvalue weighted by molar-refractivity contribution is 7.91. The van der Waals surface area contributed by atoms with Gasteiger partial charge in [-0.2, -0.15) is 0 Å². The molecule has 21 heavy (non-hydrogen) atoms. The molecule has 0 amide bonds. The van der Waals surface area contributed by atoms with E-state index in [-0.39, 0.29) is 17.7 Å². The van der Waals surface area contributed by atoms with E-state index in [1.807, 2.05) is 12.1 Å². The van der Waals surface area contributed by atoms with Gasteiger partial charge in [0, 0.05) is 25.8 Å². The van der Waals surface area contributed by atoms with Gasteiger partial charge in [-0.15, -0.1) is 0 Å². The standard InChI is InChI=1S/C13H20N4O3S/c14-11-2-1-3-15-13(11)17-4-7-20-10-12(17)16-5-8-21(18,19)9-6-16/h1-3,12H,4-10,14H2. The summed E-state index contributed by atoms with van der Waals surface area (Å²) in [6.45, 7) is 2.92. The Morgan fingerprint density at radius 1 is 1.29 bits per heavy atom. The molecule has 3 rings (SSSR count). The quantitative estimate of drug-likeness (QED) is 0.791. The lowest BCUT2D eigenvalue weighted by atomic mass is 10.2. The third-order valence-corrected chi connectivity index (χ3v) is 5.60. The van der Waals surface area contributed by atoms with Crippen LogP contribution in [-0.4, -0.2) is 68.8 Å². The smallest absolute Gasteiger partial charge is 0.153 e. The maximum atomic E-state index is 11.6. The van der Waals surface area contributed by atoms with Gasteiger partial charge in [0.25, 0.3) is 0 Å². The summed E-state index contributed by atoms with van der Waals surface area (Å²) in [6, 6.07) is 3.64. The van der Waals surface area contributed by atoms with Crippen LogP contribution < -0.4 is 10.6 Å². The van der Waals surface area contributed by atoms with Gasteiger partial charge >= 0.3 is 0 Å². The van der Waals surface area contributed by atoms with Gasteiger partial charge in [-0.25, -0.2) is 13.4 Å². The summed E-state index contributed by atoms with van der Waals surface area (Å²) in [5.41, 5.74) is 6.66. The van der Waals surface area contributed by atoms with Crippen molar-refractivity contribution in [2.45, 2.75) is 6.17 Å². The van der Waals surface area contributed by atoms with Gasteiger partial charge in [0.2, 0.25) is 0 Å². The summed E-state index contributed by atoms with van der Waals surface area (Å²) in [5, 5.41) is 0. The molecule has 2 fully saturated rings. The Morgan fingerprint density at radius 2 is 2.05 bits per heavy atom. The van der Waals surface area contributed by atoms with Crippen molar-refractivity contribution in [3.05, 3.63) is 18.3 Å². The second-order valence-electron chi connectivity index (χ2n) is 5.35. The zero-order valence-corrected chi connectivity index (χ0v) is 12.6. The number of anilines is 2. The highest BCUT2D eigenvalue weighted by atomic mass is 32.2. The topological polar surface area (TPSA) is 88.8 Å². The monoisotopic (exact) mass is 312 g/mol. The maximum Gasteiger partial charge on any atom is 0.153 e. The number of sulfone groups is 1. The Bertz CT molecular complexity index is 593. The molecule has 0 aromatic carbocycles. The SMILES string of the molecule is Nc1cccnc1N1CCOCC1N1CCS(=O)(=O)CC1. The molecule has 2 saturated heterocycles. The lowest BCUT2D eigenvalue weighted by Gasteiger charge is -2.44. The van der Waals surface area contributed by atoms with Crippen LogP contribution in [0.4, 0.5) is 11.5 Å². The Labute approximate surface area is 124 Å². The first kappa shape index (κ1) is 14.6. The minimum absolute atomic E-state index is 0.00792. The van der Waals surface area contributed by atoms with Gasteiger partial charge in [-0.05, 0) is 12.1 Å². The number of morpholine rings is 1. The normalized spacial score (nSPS) is 26.7. The molecule has 7 nitrogen and oxygen atoms in total. The van der Waals surface area contributed by atoms with E-state index in [9.17, 15) is 8.42 Å². The fourth-order valence-corrected chi connectivity index (χ4v) is 4.04. The predicted octanol–water partition coefficient (Wildman–Crippen LogP) is -0.443. The molecular weight excluding hydrogens is 292 g/mol. The van der Waals surface area contributed by atoms with E-state index in [4.69, 9.17) is 10.5 Å². The van der Waals surface area contributed by atoms with Gasteiger partial charge in [-0.1, -0.05) is 0 Å². The van der Waals surface area contributed by atoms with Crippen LogP contribution in [0.25, 0.3) is 0 Å². The first-order valence-corrected chi connectivity index (χ1v) is 8.88. The molecule has 1 unspecified atom stereocenters.